The van der Waals surface area contributed by atoms with E-state index in [1.54, 1.807) is 35.9 Å². The molecule has 1 heterocycles. The summed E-state index contributed by atoms with van der Waals surface area (Å²) in [4.78, 5) is 25.5. The molecule has 1 atom stereocenters. The molecule has 1 amide bonds. The van der Waals surface area contributed by atoms with Gasteiger partial charge < -0.3 is 10.1 Å². The lowest BCUT2D eigenvalue weighted by atomic mass is 10.0. The van der Waals surface area contributed by atoms with Gasteiger partial charge in [-0.15, -0.1) is 0 Å². The molecule has 150 valence electrons. The fourth-order valence-corrected chi connectivity index (χ4v) is 3.31. The number of amides is 1. The van der Waals surface area contributed by atoms with Crippen molar-refractivity contribution in [3.05, 3.63) is 82.1 Å². The van der Waals surface area contributed by atoms with E-state index >= 15 is 0 Å². The number of benzene rings is 2. The van der Waals surface area contributed by atoms with E-state index in [1.165, 1.54) is 0 Å². The summed E-state index contributed by atoms with van der Waals surface area (Å²) in [6, 6.07) is 15.1. The van der Waals surface area contributed by atoms with Crippen LogP contribution in [0, 0.1) is 13.8 Å². The molecule has 0 saturated carbocycles. The zero-order chi connectivity index (χ0) is 21.0. The van der Waals surface area contributed by atoms with E-state index in [2.05, 4.69) is 10.4 Å². The van der Waals surface area contributed by atoms with Gasteiger partial charge >= 0.3 is 5.97 Å². The molecular weight excluding hydrogens is 390 g/mol. The van der Waals surface area contributed by atoms with Gasteiger partial charge in [0.1, 0.15) is 0 Å². The maximum absolute atomic E-state index is 12.8. The summed E-state index contributed by atoms with van der Waals surface area (Å²) >= 11 is 5.90. The minimum Gasteiger partial charge on any atom is -0.464 e. The molecule has 3 rings (SSSR count). The van der Waals surface area contributed by atoms with E-state index in [0.717, 1.165) is 11.4 Å². The van der Waals surface area contributed by atoms with Crippen molar-refractivity contribution in [2.75, 3.05) is 6.61 Å². The van der Waals surface area contributed by atoms with Crippen LogP contribution >= 0.6 is 11.6 Å². The van der Waals surface area contributed by atoms with Crippen LogP contribution in [0.1, 0.15) is 40.3 Å². The van der Waals surface area contributed by atoms with Crippen molar-refractivity contribution >= 4 is 23.5 Å². The van der Waals surface area contributed by atoms with E-state index in [9.17, 15) is 9.59 Å². The van der Waals surface area contributed by atoms with Crippen molar-refractivity contribution in [2.45, 2.75) is 26.8 Å². The number of nitrogens with one attached hydrogen (secondary N) is 1. The first-order valence-corrected chi connectivity index (χ1v) is 9.64. The van der Waals surface area contributed by atoms with Gasteiger partial charge in [0.15, 0.2) is 6.04 Å². The molecule has 0 aliphatic carbocycles. The molecule has 2 aromatic carbocycles. The van der Waals surface area contributed by atoms with Gasteiger partial charge in [0.25, 0.3) is 5.91 Å². The highest BCUT2D eigenvalue weighted by molar-refractivity contribution is 6.30. The second kappa shape index (κ2) is 8.92. The fourth-order valence-electron chi connectivity index (χ4n) is 3.18. The van der Waals surface area contributed by atoms with Gasteiger partial charge in [0.2, 0.25) is 0 Å². The molecule has 29 heavy (non-hydrogen) atoms. The molecular formula is C22H22ClN3O3. The minimum absolute atomic E-state index is 0.205. The van der Waals surface area contributed by atoms with Crippen LogP contribution < -0.4 is 5.32 Å². The molecule has 3 aromatic rings. The third kappa shape index (κ3) is 4.49. The number of rotatable bonds is 6. The Morgan fingerprint density at radius 1 is 1.10 bits per heavy atom. The van der Waals surface area contributed by atoms with Gasteiger partial charge in [-0.3, -0.25) is 4.79 Å². The number of nitrogens with zero attached hydrogens (tertiary/aromatic N) is 2. The fraction of sp³-hybridized carbons (Fsp3) is 0.227. The summed E-state index contributed by atoms with van der Waals surface area (Å²) in [5, 5.41) is 7.89. The number of halogens is 1. The number of aryl methyl sites for hydroxylation is 1. The Morgan fingerprint density at radius 2 is 1.76 bits per heavy atom. The molecule has 7 heteroatoms. The van der Waals surface area contributed by atoms with Crippen LogP contribution in [0.2, 0.25) is 5.02 Å². The Bertz CT molecular complexity index is 1010. The molecule has 0 fully saturated rings. The predicted octanol–water partition coefficient (Wildman–Crippen LogP) is 4.18. The van der Waals surface area contributed by atoms with Crippen LogP contribution in [0.3, 0.4) is 0 Å². The highest BCUT2D eigenvalue weighted by atomic mass is 35.5. The standard InChI is InChI=1S/C22H22ClN3O3/c1-4-29-22(28)20(24-21(27)16-10-12-17(23)13-11-16)19-14(2)25-26(15(19)3)18-8-6-5-7-9-18/h5-13,20H,4H2,1-3H3,(H,24,27)/t20-/m0/s1. The monoisotopic (exact) mass is 411 g/mol. The van der Waals surface area contributed by atoms with Gasteiger partial charge in [-0.1, -0.05) is 29.8 Å². The second-order valence-electron chi connectivity index (χ2n) is 6.50. The van der Waals surface area contributed by atoms with Gasteiger partial charge in [-0.2, -0.15) is 5.10 Å². The van der Waals surface area contributed by atoms with Crippen molar-refractivity contribution < 1.29 is 14.3 Å². The van der Waals surface area contributed by atoms with Crippen LogP contribution in [0.5, 0.6) is 0 Å². The zero-order valence-electron chi connectivity index (χ0n) is 16.5. The summed E-state index contributed by atoms with van der Waals surface area (Å²) in [7, 11) is 0. The Balaban J connectivity index is 1.99. The van der Waals surface area contributed by atoms with Crippen LogP contribution in [0.4, 0.5) is 0 Å². The SMILES string of the molecule is CCOC(=O)[C@@H](NC(=O)c1ccc(Cl)cc1)c1c(C)nn(-c2ccccc2)c1C. The number of aromatic nitrogens is 2. The number of hydrogen-bond donors (Lipinski definition) is 1. The lowest BCUT2D eigenvalue weighted by Gasteiger charge is -2.18. The first-order valence-electron chi connectivity index (χ1n) is 9.27. The van der Waals surface area contributed by atoms with Crippen molar-refractivity contribution in [1.29, 1.82) is 0 Å². The van der Waals surface area contributed by atoms with Gasteiger partial charge in [-0.05, 0) is 57.2 Å². The van der Waals surface area contributed by atoms with Crippen LogP contribution in [-0.2, 0) is 9.53 Å². The van der Waals surface area contributed by atoms with Gasteiger partial charge in [0, 0.05) is 21.8 Å². The highest BCUT2D eigenvalue weighted by Crippen LogP contribution is 2.26. The molecule has 0 saturated heterocycles. The molecule has 0 aliphatic heterocycles. The van der Waals surface area contributed by atoms with E-state index in [0.29, 0.717) is 21.8 Å². The summed E-state index contributed by atoms with van der Waals surface area (Å²) < 4.78 is 6.98. The first kappa shape index (κ1) is 20.6. The zero-order valence-corrected chi connectivity index (χ0v) is 17.2. The maximum Gasteiger partial charge on any atom is 0.333 e. The predicted molar refractivity (Wildman–Crippen MR) is 111 cm³/mol. The Labute approximate surface area is 174 Å². The van der Waals surface area contributed by atoms with E-state index < -0.39 is 17.9 Å². The van der Waals surface area contributed by atoms with Crippen molar-refractivity contribution in [2.24, 2.45) is 0 Å². The van der Waals surface area contributed by atoms with Gasteiger partial charge in [-0.25, -0.2) is 9.48 Å². The van der Waals surface area contributed by atoms with Crippen molar-refractivity contribution in [1.82, 2.24) is 15.1 Å². The Kier molecular flexibility index (Phi) is 6.34. The number of para-hydroxylation sites is 1. The van der Waals surface area contributed by atoms with Crippen molar-refractivity contribution in [3.63, 3.8) is 0 Å². The average molecular weight is 412 g/mol. The van der Waals surface area contributed by atoms with E-state index in [1.807, 2.05) is 44.2 Å². The lowest BCUT2D eigenvalue weighted by molar-refractivity contribution is -0.145. The van der Waals surface area contributed by atoms with Crippen LogP contribution in [0.25, 0.3) is 5.69 Å². The topological polar surface area (TPSA) is 73.2 Å². The maximum atomic E-state index is 12.8. The minimum atomic E-state index is -0.976. The third-order valence-electron chi connectivity index (χ3n) is 4.54. The van der Waals surface area contributed by atoms with E-state index in [-0.39, 0.29) is 6.61 Å². The summed E-state index contributed by atoms with van der Waals surface area (Å²) in [5.74, 6) is -0.931. The highest BCUT2D eigenvalue weighted by Gasteiger charge is 2.30. The number of esters is 1. The molecule has 0 radical (unpaired) electrons. The van der Waals surface area contributed by atoms with Crippen molar-refractivity contribution in [3.8, 4) is 5.69 Å². The molecule has 1 N–H and O–H groups in total. The largest absolute Gasteiger partial charge is 0.464 e. The lowest BCUT2D eigenvalue weighted by Crippen LogP contribution is -2.35. The smallest absolute Gasteiger partial charge is 0.333 e. The first-order chi connectivity index (χ1) is 13.9. The quantitative estimate of drug-likeness (QED) is 0.617. The summed E-state index contributed by atoms with van der Waals surface area (Å²) in [6.45, 7) is 5.60. The molecule has 1 aromatic heterocycles. The van der Waals surface area contributed by atoms with Crippen LogP contribution in [-0.4, -0.2) is 28.3 Å². The van der Waals surface area contributed by atoms with Gasteiger partial charge in [0.05, 0.1) is 18.0 Å². The molecule has 0 aliphatic rings. The third-order valence-corrected chi connectivity index (χ3v) is 4.79. The summed E-state index contributed by atoms with van der Waals surface area (Å²) in [6.07, 6.45) is 0. The van der Waals surface area contributed by atoms with E-state index in [4.69, 9.17) is 16.3 Å². The number of carbonyl (C=O) groups excluding carboxylic acids is 2. The number of ether oxygens (including phenoxy) is 1. The second-order valence-corrected chi connectivity index (χ2v) is 6.93. The summed E-state index contributed by atoms with van der Waals surface area (Å²) in [5.41, 5.74) is 3.28. The molecule has 6 nitrogen and oxygen atoms in total. The number of hydrogen-bond acceptors (Lipinski definition) is 4. The molecule has 0 spiro atoms. The van der Waals surface area contributed by atoms with Crippen LogP contribution in [0.15, 0.2) is 54.6 Å². The Morgan fingerprint density at radius 3 is 2.38 bits per heavy atom. The Hall–Kier alpha value is -3.12. The molecule has 0 unspecified atom stereocenters. The molecule has 0 bridgehead atoms. The number of carbonyl (C=O) groups is 2. The normalized spacial score (nSPS) is 11.7. The average Bonchev–Trinajstić information content (AvgIpc) is 3.01.